The van der Waals surface area contributed by atoms with E-state index < -0.39 is 0 Å². The molecule has 0 bridgehead atoms. The number of carbonyl (C=O) groups excluding carboxylic acids is 1. The van der Waals surface area contributed by atoms with Crippen LogP contribution in [0.15, 0.2) is 54.7 Å². The number of aromatic nitrogens is 3. The predicted octanol–water partition coefficient (Wildman–Crippen LogP) is 3.07. The number of pyridine rings is 1. The van der Waals surface area contributed by atoms with Gasteiger partial charge in [0.25, 0.3) is 0 Å². The maximum absolute atomic E-state index is 12.4. The van der Waals surface area contributed by atoms with Gasteiger partial charge < -0.3 is 10.6 Å². The molecule has 6 nitrogen and oxygen atoms in total. The summed E-state index contributed by atoms with van der Waals surface area (Å²) < 4.78 is 1.93. The number of nitrogens with zero attached hydrogens (tertiary/aromatic N) is 3. The number of rotatable bonds is 8. The van der Waals surface area contributed by atoms with Crippen LogP contribution in [0.2, 0.25) is 0 Å². The van der Waals surface area contributed by atoms with Gasteiger partial charge in [-0.15, -0.1) is 10.2 Å². The van der Waals surface area contributed by atoms with Crippen LogP contribution in [-0.2, 0) is 6.42 Å². The molecule has 0 aliphatic heterocycles. The summed E-state index contributed by atoms with van der Waals surface area (Å²) in [5.41, 5.74) is 1.98. The number of fused-ring (bicyclic) bond motifs is 1. The van der Waals surface area contributed by atoms with E-state index in [0.29, 0.717) is 6.54 Å². The van der Waals surface area contributed by atoms with Crippen molar-refractivity contribution in [2.75, 3.05) is 18.6 Å². The first kappa shape index (κ1) is 18.3. The van der Waals surface area contributed by atoms with Crippen molar-refractivity contribution in [1.82, 2.24) is 25.2 Å². The van der Waals surface area contributed by atoms with Crippen LogP contribution in [0.25, 0.3) is 5.65 Å². The van der Waals surface area contributed by atoms with Gasteiger partial charge in [-0.25, -0.2) is 4.79 Å². The van der Waals surface area contributed by atoms with Crippen molar-refractivity contribution in [3.8, 4) is 0 Å². The highest BCUT2D eigenvalue weighted by molar-refractivity contribution is 7.98. The Hall–Kier alpha value is -2.54. The Morgan fingerprint density at radius 3 is 2.77 bits per heavy atom. The van der Waals surface area contributed by atoms with Gasteiger partial charge >= 0.3 is 6.03 Å². The van der Waals surface area contributed by atoms with Crippen molar-refractivity contribution >= 4 is 23.4 Å². The Morgan fingerprint density at radius 1 is 1.15 bits per heavy atom. The SMILES string of the molecule is CSCC[C@H](NC(=O)NCCc1ccccc1)c1nnc2ccccn12. The van der Waals surface area contributed by atoms with E-state index in [2.05, 4.69) is 39.2 Å². The minimum atomic E-state index is -0.184. The molecule has 2 N–H and O–H groups in total. The Labute approximate surface area is 157 Å². The maximum Gasteiger partial charge on any atom is 0.315 e. The van der Waals surface area contributed by atoms with E-state index in [1.165, 1.54) is 5.56 Å². The largest absolute Gasteiger partial charge is 0.338 e. The predicted molar refractivity (Wildman–Crippen MR) is 105 cm³/mol. The zero-order chi connectivity index (χ0) is 18.2. The number of carbonyl (C=O) groups is 1. The first-order chi connectivity index (χ1) is 12.8. The van der Waals surface area contributed by atoms with Crippen LogP contribution in [0.1, 0.15) is 23.9 Å². The van der Waals surface area contributed by atoms with Crippen LogP contribution >= 0.6 is 11.8 Å². The van der Waals surface area contributed by atoms with Crippen molar-refractivity contribution in [2.45, 2.75) is 18.9 Å². The lowest BCUT2D eigenvalue weighted by atomic mass is 10.1. The second kappa shape index (κ2) is 9.24. The van der Waals surface area contributed by atoms with Gasteiger partial charge in [0.15, 0.2) is 11.5 Å². The zero-order valence-electron chi connectivity index (χ0n) is 14.8. The van der Waals surface area contributed by atoms with Crippen LogP contribution in [0.4, 0.5) is 4.79 Å². The third kappa shape index (κ3) is 4.76. The third-order valence-corrected chi connectivity index (χ3v) is 4.75. The van der Waals surface area contributed by atoms with Gasteiger partial charge in [0.05, 0.1) is 6.04 Å². The molecule has 2 amide bonds. The summed E-state index contributed by atoms with van der Waals surface area (Å²) in [5, 5.41) is 14.5. The van der Waals surface area contributed by atoms with Gasteiger partial charge in [0.2, 0.25) is 0 Å². The van der Waals surface area contributed by atoms with Crippen molar-refractivity contribution in [3.05, 3.63) is 66.1 Å². The monoisotopic (exact) mass is 369 g/mol. The molecule has 2 heterocycles. The second-order valence-corrected chi connectivity index (χ2v) is 6.94. The molecule has 0 spiro atoms. The first-order valence-corrected chi connectivity index (χ1v) is 10.0. The van der Waals surface area contributed by atoms with Crippen LogP contribution in [-0.4, -0.2) is 39.2 Å². The van der Waals surface area contributed by atoms with E-state index in [4.69, 9.17) is 0 Å². The average Bonchev–Trinajstić information content (AvgIpc) is 3.10. The topological polar surface area (TPSA) is 71.3 Å². The van der Waals surface area contributed by atoms with E-state index in [1.54, 1.807) is 11.8 Å². The number of urea groups is 1. The highest BCUT2D eigenvalue weighted by atomic mass is 32.2. The van der Waals surface area contributed by atoms with Crippen LogP contribution < -0.4 is 10.6 Å². The normalized spacial score (nSPS) is 12.0. The summed E-state index contributed by atoms with van der Waals surface area (Å²) in [6.45, 7) is 0.589. The van der Waals surface area contributed by atoms with E-state index in [1.807, 2.05) is 47.0 Å². The van der Waals surface area contributed by atoms with Gasteiger partial charge in [-0.2, -0.15) is 11.8 Å². The molecule has 26 heavy (non-hydrogen) atoms. The van der Waals surface area contributed by atoms with E-state index >= 15 is 0 Å². The highest BCUT2D eigenvalue weighted by Crippen LogP contribution is 2.18. The highest BCUT2D eigenvalue weighted by Gasteiger charge is 2.19. The minimum absolute atomic E-state index is 0.181. The molecule has 1 atom stereocenters. The van der Waals surface area contributed by atoms with E-state index in [9.17, 15) is 4.79 Å². The minimum Gasteiger partial charge on any atom is -0.338 e. The number of nitrogens with one attached hydrogen (secondary N) is 2. The molecule has 7 heteroatoms. The summed E-state index contributed by atoms with van der Waals surface area (Å²) in [7, 11) is 0. The van der Waals surface area contributed by atoms with Gasteiger partial charge in [0.1, 0.15) is 0 Å². The Balaban J connectivity index is 1.61. The third-order valence-electron chi connectivity index (χ3n) is 4.11. The van der Waals surface area contributed by atoms with E-state index in [-0.39, 0.29) is 12.1 Å². The molecule has 0 saturated heterocycles. The molecule has 2 aromatic heterocycles. The Bertz CT molecular complexity index is 836. The Morgan fingerprint density at radius 2 is 1.96 bits per heavy atom. The molecule has 0 aliphatic rings. The lowest BCUT2D eigenvalue weighted by Crippen LogP contribution is -2.39. The summed E-state index contributed by atoms with van der Waals surface area (Å²) >= 11 is 1.75. The number of hydrogen-bond donors (Lipinski definition) is 2. The van der Waals surface area contributed by atoms with Crippen LogP contribution in [0.3, 0.4) is 0 Å². The van der Waals surface area contributed by atoms with Crippen molar-refractivity contribution in [2.24, 2.45) is 0 Å². The molecular formula is C19H23N5OS. The van der Waals surface area contributed by atoms with Gasteiger partial charge in [-0.05, 0) is 42.5 Å². The molecule has 0 unspecified atom stereocenters. The lowest BCUT2D eigenvalue weighted by molar-refractivity contribution is 0.236. The number of benzene rings is 1. The molecule has 136 valence electrons. The fourth-order valence-electron chi connectivity index (χ4n) is 2.77. The van der Waals surface area contributed by atoms with E-state index in [0.717, 1.165) is 30.1 Å². The molecule has 3 aromatic rings. The average molecular weight is 369 g/mol. The van der Waals surface area contributed by atoms with Crippen LogP contribution in [0.5, 0.6) is 0 Å². The summed E-state index contributed by atoms with van der Waals surface area (Å²) in [5.74, 6) is 1.68. The van der Waals surface area contributed by atoms with Crippen molar-refractivity contribution in [3.63, 3.8) is 0 Å². The Kier molecular flexibility index (Phi) is 6.49. The van der Waals surface area contributed by atoms with Gasteiger partial charge in [0, 0.05) is 12.7 Å². The summed E-state index contributed by atoms with van der Waals surface area (Å²) in [6, 6.07) is 15.5. The molecule has 3 rings (SSSR count). The second-order valence-electron chi connectivity index (χ2n) is 5.96. The molecule has 1 aromatic carbocycles. The molecular weight excluding hydrogens is 346 g/mol. The fraction of sp³-hybridized carbons (Fsp3) is 0.316. The number of thioether (sulfide) groups is 1. The summed E-state index contributed by atoms with van der Waals surface area (Å²) in [6.07, 6.45) is 5.57. The van der Waals surface area contributed by atoms with Crippen molar-refractivity contribution < 1.29 is 4.79 Å². The first-order valence-electron chi connectivity index (χ1n) is 8.65. The standard InChI is InChI=1S/C19H23N5OS/c1-26-14-11-16(18-23-22-17-9-5-6-13-24(17)18)21-19(25)20-12-10-15-7-3-2-4-8-15/h2-9,13,16H,10-12,14H2,1H3,(H2,20,21,25)/t16-/m0/s1. The van der Waals surface area contributed by atoms with Gasteiger partial charge in [-0.3, -0.25) is 4.40 Å². The number of amides is 2. The quantitative estimate of drug-likeness (QED) is 0.640. The summed E-state index contributed by atoms with van der Waals surface area (Å²) in [4.78, 5) is 12.4. The van der Waals surface area contributed by atoms with Crippen LogP contribution in [0, 0.1) is 0 Å². The smallest absolute Gasteiger partial charge is 0.315 e. The zero-order valence-corrected chi connectivity index (χ0v) is 15.6. The molecule has 0 aliphatic carbocycles. The van der Waals surface area contributed by atoms with Gasteiger partial charge in [-0.1, -0.05) is 36.4 Å². The van der Waals surface area contributed by atoms with Crippen molar-refractivity contribution in [1.29, 1.82) is 0 Å². The molecule has 0 saturated carbocycles. The maximum atomic E-state index is 12.4. The lowest BCUT2D eigenvalue weighted by Gasteiger charge is -2.17. The fourth-order valence-corrected chi connectivity index (χ4v) is 3.24. The molecule has 0 radical (unpaired) electrons. The number of hydrogen-bond acceptors (Lipinski definition) is 4. The molecule has 0 fully saturated rings.